The Morgan fingerprint density at radius 3 is 2.73 bits per heavy atom. The molecule has 2 heterocycles. The molecule has 26 heavy (non-hydrogen) atoms. The van der Waals surface area contributed by atoms with Crippen LogP contribution in [0.1, 0.15) is 12.6 Å². The summed E-state index contributed by atoms with van der Waals surface area (Å²) in [4.78, 5) is 24.9. The number of carbonyl (C=O) groups is 1. The van der Waals surface area contributed by atoms with E-state index in [1.807, 2.05) is 6.07 Å². The second-order valence-electron chi connectivity index (χ2n) is 5.50. The predicted octanol–water partition coefficient (Wildman–Crippen LogP) is 2.76. The summed E-state index contributed by atoms with van der Waals surface area (Å²) in [6.45, 7) is 1.72. The highest BCUT2D eigenvalue weighted by molar-refractivity contribution is 5.80. The highest BCUT2D eigenvalue weighted by atomic mass is 19.1. The van der Waals surface area contributed by atoms with Crippen molar-refractivity contribution in [3.05, 3.63) is 72.7 Å². The van der Waals surface area contributed by atoms with Crippen LogP contribution in [-0.2, 0) is 11.3 Å². The van der Waals surface area contributed by atoms with Crippen molar-refractivity contribution in [2.75, 3.05) is 0 Å². The number of halogens is 1. The zero-order valence-corrected chi connectivity index (χ0v) is 14.1. The maximum absolute atomic E-state index is 13.6. The van der Waals surface area contributed by atoms with Crippen molar-refractivity contribution in [3.8, 4) is 17.0 Å². The first-order valence-corrected chi connectivity index (χ1v) is 8.04. The van der Waals surface area contributed by atoms with E-state index in [0.717, 1.165) is 5.56 Å². The van der Waals surface area contributed by atoms with Crippen molar-refractivity contribution in [1.29, 1.82) is 0 Å². The second kappa shape index (κ2) is 8.15. The van der Waals surface area contributed by atoms with Gasteiger partial charge in [-0.25, -0.2) is 4.39 Å². The Hall–Kier alpha value is -3.35. The van der Waals surface area contributed by atoms with Gasteiger partial charge in [-0.1, -0.05) is 12.1 Å². The van der Waals surface area contributed by atoms with E-state index in [1.165, 1.54) is 12.1 Å². The molecule has 3 rings (SSSR count). The highest BCUT2D eigenvalue weighted by Crippen LogP contribution is 2.19. The number of amides is 1. The van der Waals surface area contributed by atoms with Crippen molar-refractivity contribution in [1.82, 2.24) is 20.3 Å². The zero-order valence-electron chi connectivity index (χ0n) is 14.1. The fourth-order valence-corrected chi connectivity index (χ4v) is 2.34. The first-order valence-electron chi connectivity index (χ1n) is 8.04. The van der Waals surface area contributed by atoms with Gasteiger partial charge in [-0.15, -0.1) is 0 Å². The summed E-state index contributed by atoms with van der Waals surface area (Å²) in [6.07, 6.45) is 5.63. The number of para-hydroxylation sites is 1. The third-order valence-electron chi connectivity index (χ3n) is 3.65. The lowest BCUT2D eigenvalue weighted by Crippen LogP contribution is -2.36. The molecule has 0 saturated carbocycles. The number of nitrogens with one attached hydrogen (secondary N) is 1. The molecule has 1 atom stereocenters. The van der Waals surface area contributed by atoms with Gasteiger partial charge in [0.05, 0.1) is 17.9 Å². The van der Waals surface area contributed by atoms with Crippen LogP contribution in [0.15, 0.2) is 61.2 Å². The second-order valence-corrected chi connectivity index (χ2v) is 5.50. The molecule has 6 nitrogen and oxygen atoms in total. The van der Waals surface area contributed by atoms with Crippen LogP contribution < -0.4 is 10.1 Å². The van der Waals surface area contributed by atoms with Gasteiger partial charge in [-0.05, 0) is 31.2 Å². The standard InChI is InChI=1S/C19H17FN4O2/c1-13(26-17-7-3-2-6-15(17)20)19(25)24-12-16-18(23-10-9-22-16)14-5-4-8-21-11-14/h2-11,13H,12H2,1H3,(H,24,25)/t13-/m0/s1. The molecule has 0 spiro atoms. The molecule has 132 valence electrons. The molecular formula is C19H17FN4O2. The Labute approximate surface area is 150 Å². The molecule has 1 amide bonds. The van der Waals surface area contributed by atoms with Crippen LogP contribution >= 0.6 is 0 Å². The smallest absolute Gasteiger partial charge is 0.261 e. The fourth-order valence-electron chi connectivity index (χ4n) is 2.34. The lowest BCUT2D eigenvalue weighted by molar-refractivity contribution is -0.127. The number of benzene rings is 1. The zero-order chi connectivity index (χ0) is 18.4. The summed E-state index contributed by atoms with van der Waals surface area (Å²) < 4.78 is 19.0. The Balaban J connectivity index is 1.66. The van der Waals surface area contributed by atoms with Gasteiger partial charge in [-0.2, -0.15) is 0 Å². The Kier molecular flexibility index (Phi) is 5.48. The van der Waals surface area contributed by atoms with Crippen molar-refractivity contribution in [2.24, 2.45) is 0 Å². The minimum absolute atomic E-state index is 0.0331. The van der Waals surface area contributed by atoms with Crippen molar-refractivity contribution in [3.63, 3.8) is 0 Å². The molecule has 0 radical (unpaired) electrons. The Morgan fingerprint density at radius 1 is 1.15 bits per heavy atom. The van der Waals surface area contributed by atoms with E-state index in [-0.39, 0.29) is 18.2 Å². The highest BCUT2D eigenvalue weighted by Gasteiger charge is 2.17. The molecule has 3 aromatic rings. The number of hydrogen-bond donors (Lipinski definition) is 1. The van der Waals surface area contributed by atoms with Gasteiger partial charge in [0, 0.05) is 30.4 Å². The molecule has 1 N–H and O–H groups in total. The number of carbonyl (C=O) groups excluding carboxylic acids is 1. The molecule has 0 bridgehead atoms. The van der Waals surface area contributed by atoms with Crippen molar-refractivity contribution < 1.29 is 13.9 Å². The topological polar surface area (TPSA) is 77.0 Å². The summed E-state index contributed by atoms with van der Waals surface area (Å²) in [5.74, 6) is -0.860. The fraction of sp³-hybridized carbons (Fsp3) is 0.158. The van der Waals surface area contributed by atoms with Crippen LogP contribution in [-0.4, -0.2) is 27.0 Å². The molecular weight excluding hydrogens is 335 g/mol. The Morgan fingerprint density at radius 2 is 1.96 bits per heavy atom. The largest absolute Gasteiger partial charge is 0.478 e. The third kappa shape index (κ3) is 4.18. The molecule has 7 heteroatoms. The number of nitrogens with zero attached hydrogens (tertiary/aromatic N) is 3. The lowest BCUT2D eigenvalue weighted by Gasteiger charge is -2.15. The van der Waals surface area contributed by atoms with E-state index in [4.69, 9.17) is 4.74 Å². The summed E-state index contributed by atoms with van der Waals surface area (Å²) >= 11 is 0. The molecule has 0 saturated heterocycles. The SMILES string of the molecule is C[C@H](Oc1ccccc1F)C(=O)NCc1nccnc1-c1cccnc1. The van der Waals surface area contributed by atoms with Gasteiger partial charge in [0.15, 0.2) is 17.7 Å². The lowest BCUT2D eigenvalue weighted by atomic mass is 10.1. The van der Waals surface area contributed by atoms with Crippen LogP contribution in [0.4, 0.5) is 4.39 Å². The number of ether oxygens (including phenoxy) is 1. The monoisotopic (exact) mass is 352 g/mol. The van der Waals surface area contributed by atoms with Gasteiger partial charge in [-0.3, -0.25) is 19.7 Å². The summed E-state index contributed by atoms with van der Waals surface area (Å²) in [6, 6.07) is 9.62. The van der Waals surface area contributed by atoms with Crippen LogP contribution in [0.25, 0.3) is 11.3 Å². The van der Waals surface area contributed by atoms with E-state index in [2.05, 4.69) is 20.3 Å². The molecule has 0 aliphatic carbocycles. The molecule has 0 aliphatic heterocycles. The summed E-state index contributed by atoms with van der Waals surface area (Å²) in [5.41, 5.74) is 2.05. The minimum Gasteiger partial charge on any atom is -0.478 e. The number of hydrogen-bond acceptors (Lipinski definition) is 5. The molecule has 0 fully saturated rings. The van der Waals surface area contributed by atoms with Gasteiger partial charge in [0.2, 0.25) is 0 Å². The van der Waals surface area contributed by atoms with E-state index >= 15 is 0 Å². The van der Waals surface area contributed by atoms with Gasteiger partial charge >= 0.3 is 0 Å². The predicted molar refractivity (Wildman–Crippen MR) is 93.6 cm³/mol. The third-order valence-corrected chi connectivity index (χ3v) is 3.65. The maximum Gasteiger partial charge on any atom is 0.261 e. The number of aromatic nitrogens is 3. The molecule has 0 aliphatic rings. The number of rotatable bonds is 6. The molecule has 0 unspecified atom stereocenters. The van der Waals surface area contributed by atoms with Crippen LogP contribution in [0.3, 0.4) is 0 Å². The van der Waals surface area contributed by atoms with E-state index in [0.29, 0.717) is 11.4 Å². The van der Waals surface area contributed by atoms with Crippen LogP contribution in [0.5, 0.6) is 5.75 Å². The molecule has 1 aromatic carbocycles. The summed E-state index contributed by atoms with van der Waals surface area (Å²) in [7, 11) is 0. The normalized spacial score (nSPS) is 11.6. The average Bonchev–Trinajstić information content (AvgIpc) is 2.68. The van der Waals surface area contributed by atoms with Gasteiger partial charge in [0.25, 0.3) is 5.91 Å². The first kappa shape index (κ1) is 17.5. The van der Waals surface area contributed by atoms with Crippen molar-refractivity contribution in [2.45, 2.75) is 19.6 Å². The Bertz CT molecular complexity index is 889. The molecule has 2 aromatic heterocycles. The maximum atomic E-state index is 13.6. The average molecular weight is 352 g/mol. The van der Waals surface area contributed by atoms with Crippen LogP contribution in [0, 0.1) is 5.82 Å². The van der Waals surface area contributed by atoms with E-state index in [9.17, 15) is 9.18 Å². The van der Waals surface area contributed by atoms with Gasteiger partial charge in [0.1, 0.15) is 0 Å². The van der Waals surface area contributed by atoms with Crippen LogP contribution in [0.2, 0.25) is 0 Å². The van der Waals surface area contributed by atoms with E-state index in [1.54, 1.807) is 49.9 Å². The van der Waals surface area contributed by atoms with E-state index < -0.39 is 11.9 Å². The quantitative estimate of drug-likeness (QED) is 0.738. The summed E-state index contributed by atoms with van der Waals surface area (Å²) in [5, 5.41) is 2.74. The van der Waals surface area contributed by atoms with Gasteiger partial charge < -0.3 is 10.1 Å². The number of pyridine rings is 1. The minimum atomic E-state index is -0.856. The van der Waals surface area contributed by atoms with Crippen molar-refractivity contribution >= 4 is 5.91 Å². The first-order chi connectivity index (χ1) is 12.6.